The molecule has 1 aliphatic heterocycles. The highest BCUT2D eigenvalue weighted by Crippen LogP contribution is 2.16. The lowest BCUT2D eigenvalue weighted by Crippen LogP contribution is -2.36. The number of nitrogens with one attached hydrogen (secondary N) is 2. The van der Waals surface area contributed by atoms with Crippen LogP contribution < -0.4 is 10.6 Å². The molecule has 1 heterocycles. The lowest BCUT2D eigenvalue weighted by Gasteiger charge is -2.14. The predicted octanol–water partition coefficient (Wildman–Crippen LogP) is 4.13. The van der Waals surface area contributed by atoms with Crippen molar-refractivity contribution in [3.8, 4) is 0 Å². The number of hydrogen-bond acceptors (Lipinski definition) is 3. The van der Waals surface area contributed by atoms with Gasteiger partial charge in [0.2, 0.25) is 5.96 Å². The van der Waals surface area contributed by atoms with Crippen LogP contribution in [-0.2, 0) is 4.74 Å². The number of rotatable bonds is 4. The third-order valence-corrected chi connectivity index (χ3v) is 4.57. The van der Waals surface area contributed by atoms with Crippen molar-refractivity contribution >= 4 is 33.5 Å². The molecule has 0 unspecified atom stereocenters. The van der Waals surface area contributed by atoms with Crippen molar-refractivity contribution in [1.29, 1.82) is 0 Å². The Bertz CT molecular complexity index is 801. The van der Waals surface area contributed by atoms with Crippen LogP contribution in [0.5, 0.6) is 0 Å². The molecule has 0 saturated carbocycles. The summed E-state index contributed by atoms with van der Waals surface area (Å²) in [6.07, 6.45) is 2.18. The van der Waals surface area contributed by atoms with E-state index in [-0.39, 0.29) is 12.0 Å². The van der Waals surface area contributed by atoms with E-state index in [2.05, 4.69) is 31.6 Å². The summed E-state index contributed by atoms with van der Waals surface area (Å²) in [6, 6.07) is 15.2. The summed E-state index contributed by atoms with van der Waals surface area (Å²) in [7, 11) is 0. The van der Waals surface area contributed by atoms with Crippen molar-refractivity contribution in [3.63, 3.8) is 0 Å². The van der Waals surface area contributed by atoms with Crippen molar-refractivity contribution in [2.75, 3.05) is 18.5 Å². The van der Waals surface area contributed by atoms with Gasteiger partial charge in [-0.1, -0.05) is 39.7 Å². The first-order valence-electron chi connectivity index (χ1n) is 8.67. The molecule has 0 bridgehead atoms. The van der Waals surface area contributed by atoms with E-state index in [0.29, 0.717) is 18.1 Å². The van der Waals surface area contributed by atoms with Gasteiger partial charge in [-0.3, -0.25) is 10.1 Å². The van der Waals surface area contributed by atoms with Gasteiger partial charge in [-0.25, -0.2) is 4.99 Å². The van der Waals surface area contributed by atoms with E-state index in [0.717, 1.165) is 35.2 Å². The van der Waals surface area contributed by atoms with Crippen LogP contribution in [0.1, 0.15) is 28.8 Å². The topological polar surface area (TPSA) is 62.7 Å². The van der Waals surface area contributed by atoms with Gasteiger partial charge in [0.1, 0.15) is 0 Å². The standard InChI is InChI=1S/C20H22BrN3O2/c1-14-5-2-6-15(11-14)19(25)24-20(22-13-18-9-4-10-26-18)23-17-8-3-7-16(21)12-17/h2-3,5-8,11-12,18H,4,9-10,13H2,1H3,(H2,22,23,24,25)/t18-/m0/s1. The van der Waals surface area contributed by atoms with Crippen molar-refractivity contribution < 1.29 is 9.53 Å². The van der Waals surface area contributed by atoms with Gasteiger partial charge in [0.05, 0.1) is 12.6 Å². The summed E-state index contributed by atoms with van der Waals surface area (Å²) in [4.78, 5) is 17.1. The molecular weight excluding hydrogens is 394 g/mol. The molecule has 1 fully saturated rings. The maximum absolute atomic E-state index is 12.6. The van der Waals surface area contributed by atoms with Crippen LogP contribution in [0.15, 0.2) is 58.0 Å². The van der Waals surface area contributed by atoms with Crippen LogP contribution in [-0.4, -0.2) is 31.1 Å². The minimum absolute atomic E-state index is 0.116. The average Bonchev–Trinajstić information content (AvgIpc) is 3.13. The van der Waals surface area contributed by atoms with Gasteiger partial charge >= 0.3 is 0 Å². The summed E-state index contributed by atoms with van der Waals surface area (Å²) >= 11 is 3.45. The molecule has 26 heavy (non-hydrogen) atoms. The third-order valence-electron chi connectivity index (χ3n) is 4.08. The maximum Gasteiger partial charge on any atom is 0.257 e. The molecule has 1 amide bonds. The highest BCUT2D eigenvalue weighted by molar-refractivity contribution is 9.10. The number of aliphatic imine (C=N–C) groups is 1. The van der Waals surface area contributed by atoms with Gasteiger partial charge < -0.3 is 10.1 Å². The highest BCUT2D eigenvalue weighted by Gasteiger charge is 2.16. The second-order valence-corrected chi connectivity index (χ2v) is 7.20. The molecule has 136 valence electrons. The molecule has 0 radical (unpaired) electrons. The van der Waals surface area contributed by atoms with Crippen molar-refractivity contribution in [3.05, 3.63) is 64.1 Å². The highest BCUT2D eigenvalue weighted by atomic mass is 79.9. The number of ether oxygens (including phenoxy) is 1. The Labute approximate surface area is 162 Å². The molecule has 2 N–H and O–H groups in total. The van der Waals surface area contributed by atoms with E-state index in [9.17, 15) is 4.79 Å². The van der Waals surface area contributed by atoms with Gasteiger partial charge in [-0.15, -0.1) is 0 Å². The summed E-state index contributed by atoms with van der Waals surface area (Å²) in [5, 5.41) is 6.07. The lowest BCUT2D eigenvalue weighted by molar-refractivity contribution is 0.0975. The largest absolute Gasteiger partial charge is 0.376 e. The molecule has 0 aromatic heterocycles. The summed E-state index contributed by atoms with van der Waals surface area (Å²) in [5.74, 6) is 0.229. The smallest absolute Gasteiger partial charge is 0.257 e. The van der Waals surface area contributed by atoms with E-state index < -0.39 is 0 Å². The van der Waals surface area contributed by atoms with Crippen LogP contribution in [0.25, 0.3) is 0 Å². The number of benzene rings is 2. The van der Waals surface area contributed by atoms with E-state index in [4.69, 9.17) is 4.74 Å². The van der Waals surface area contributed by atoms with E-state index >= 15 is 0 Å². The van der Waals surface area contributed by atoms with E-state index in [1.165, 1.54) is 0 Å². The number of aryl methyl sites for hydroxylation is 1. The third kappa shape index (κ3) is 5.41. The number of carbonyl (C=O) groups excluding carboxylic acids is 1. The van der Waals surface area contributed by atoms with Crippen LogP contribution in [0.2, 0.25) is 0 Å². The molecule has 5 nitrogen and oxygen atoms in total. The molecule has 1 aliphatic rings. The first kappa shape index (κ1) is 18.6. The lowest BCUT2D eigenvalue weighted by atomic mass is 10.1. The van der Waals surface area contributed by atoms with Crippen molar-refractivity contribution in [2.24, 2.45) is 4.99 Å². The first-order valence-corrected chi connectivity index (χ1v) is 9.46. The van der Waals surface area contributed by atoms with Gasteiger partial charge in [0, 0.05) is 22.3 Å². The van der Waals surface area contributed by atoms with Gasteiger partial charge in [0.15, 0.2) is 0 Å². The zero-order valence-electron chi connectivity index (χ0n) is 14.7. The molecule has 2 aromatic rings. The fourth-order valence-corrected chi connectivity index (χ4v) is 3.16. The quantitative estimate of drug-likeness (QED) is 0.582. The fourth-order valence-electron chi connectivity index (χ4n) is 2.76. The Balaban J connectivity index is 1.75. The van der Waals surface area contributed by atoms with E-state index in [1.54, 1.807) is 6.07 Å². The minimum Gasteiger partial charge on any atom is -0.376 e. The first-order chi connectivity index (χ1) is 12.6. The maximum atomic E-state index is 12.6. The Morgan fingerprint density at radius 1 is 1.27 bits per heavy atom. The van der Waals surface area contributed by atoms with Crippen LogP contribution in [0.4, 0.5) is 5.69 Å². The number of halogens is 1. The zero-order valence-corrected chi connectivity index (χ0v) is 16.3. The summed E-state index contributed by atoms with van der Waals surface area (Å²) in [5.41, 5.74) is 2.48. The Kier molecular flexibility index (Phi) is 6.41. The predicted molar refractivity (Wildman–Crippen MR) is 108 cm³/mol. The van der Waals surface area contributed by atoms with Gasteiger partial charge in [-0.05, 0) is 50.1 Å². The Morgan fingerprint density at radius 3 is 2.85 bits per heavy atom. The van der Waals surface area contributed by atoms with Crippen LogP contribution in [0, 0.1) is 6.92 Å². The number of nitrogens with zero attached hydrogens (tertiary/aromatic N) is 1. The molecule has 0 aliphatic carbocycles. The average molecular weight is 416 g/mol. The number of hydrogen-bond donors (Lipinski definition) is 2. The minimum atomic E-state index is -0.192. The Morgan fingerprint density at radius 2 is 2.12 bits per heavy atom. The number of carbonyl (C=O) groups is 1. The molecule has 1 atom stereocenters. The summed E-state index contributed by atoms with van der Waals surface area (Å²) in [6.45, 7) is 3.26. The SMILES string of the molecule is Cc1cccc(C(=O)NC(=NC[C@@H]2CCCO2)Nc2cccc(Br)c2)c1. The number of anilines is 1. The molecular formula is C20H22BrN3O2. The van der Waals surface area contributed by atoms with Crippen molar-refractivity contribution in [1.82, 2.24) is 5.32 Å². The van der Waals surface area contributed by atoms with Gasteiger partial charge in [0.25, 0.3) is 5.91 Å². The normalized spacial score (nSPS) is 17.2. The van der Waals surface area contributed by atoms with Crippen LogP contribution in [0.3, 0.4) is 0 Å². The molecule has 2 aromatic carbocycles. The number of guanidine groups is 1. The zero-order chi connectivity index (χ0) is 18.4. The number of amides is 1. The monoisotopic (exact) mass is 415 g/mol. The molecule has 1 saturated heterocycles. The van der Waals surface area contributed by atoms with Gasteiger partial charge in [-0.2, -0.15) is 0 Å². The van der Waals surface area contributed by atoms with E-state index in [1.807, 2.05) is 49.4 Å². The molecule has 0 spiro atoms. The second kappa shape index (κ2) is 8.96. The van der Waals surface area contributed by atoms with Crippen molar-refractivity contribution in [2.45, 2.75) is 25.9 Å². The second-order valence-electron chi connectivity index (χ2n) is 6.28. The summed E-state index contributed by atoms with van der Waals surface area (Å²) < 4.78 is 6.57. The molecule has 6 heteroatoms. The van der Waals surface area contributed by atoms with Crippen LogP contribution >= 0.6 is 15.9 Å². The molecule has 3 rings (SSSR count). The fraction of sp³-hybridized carbons (Fsp3) is 0.300. The Hall–Kier alpha value is -2.18.